The van der Waals surface area contributed by atoms with E-state index in [1.165, 1.54) is 16.7 Å². The molecule has 1 aromatic carbocycles. The highest BCUT2D eigenvalue weighted by Gasteiger charge is 2.24. The van der Waals surface area contributed by atoms with Gasteiger partial charge in [-0.1, -0.05) is 24.3 Å². The lowest BCUT2D eigenvalue weighted by Gasteiger charge is -2.29. The minimum atomic E-state index is 0.148. The van der Waals surface area contributed by atoms with Crippen LogP contribution in [0.15, 0.2) is 42.6 Å². The minimum absolute atomic E-state index is 0.148. The summed E-state index contributed by atoms with van der Waals surface area (Å²) in [5, 5.41) is 3.38. The summed E-state index contributed by atoms with van der Waals surface area (Å²) in [7, 11) is 1.99. The Hall–Kier alpha value is -1.71. The van der Waals surface area contributed by atoms with Crippen LogP contribution in [-0.4, -0.2) is 18.6 Å². The van der Waals surface area contributed by atoms with Crippen molar-refractivity contribution in [2.75, 3.05) is 13.7 Å². The number of benzene rings is 1. The first-order valence-corrected chi connectivity index (χ1v) is 7.57. The van der Waals surface area contributed by atoms with Gasteiger partial charge in [0.1, 0.15) is 0 Å². The fraction of sp³-hybridized carbons (Fsp3) is 0.389. The molecule has 21 heavy (non-hydrogen) atoms. The number of fused-ring (bicyclic) bond motifs is 1. The van der Waals surface area contributed by atoms with Crippen LogP contribution in [0, 0.1) is 6.92 Å². The molecule has 0 aliphatic carbocycles. The molecule has 1 aliphatic rings. The van der Waals surface area contributed by atoms with Crippen LogP contribution in [0.2, 0.25) is 0 Å². The maximum Gasteiger partial charge on any atom is 0.0846 e. The van der Waals surface area contributed by atoms with Crippen molar-refractivity contribution >= 4 is 0 Å². The predicted octanol–water partition coefficient (Wildman–Crippen LogP) is 3.35. The molecule has 110 valence electrons. The van der Waals surface area contributed by atoms with Crippen LogP contribution in [0.4, 0.5) is 0 Å². The van der Waals surface area contributed by atoms with Gasteiger partial charge in [-0.15, -0.1) is 0 Å². The molecule has 2 unspecified atom stereocenters. The summed E-state index contributed by atoms with van der Waals surface area (Å²) in [5.74, 6) is 0. The fourth-order valence-electron chi connectivity index (χ4n) is 3.02. The first kappa shape index (κ1) is 14.2. The van der Waals surface area contributed by atoms with Crippen LogP contribution in [0.25, 0.3) is 0 Å². The standard InChI is InChI=1S/C18H22N2O/c1-13-7-9-20-17(11-13)16(19-2)12-18-15-6-4-3-5-14(15)8-10-21-18/h3-7,9,11,16,18-19H,8,10,12H2,1-2H3. The predicted molar refractivity (Wildman–Crippen MR) is 84.2 cm³/mol. The molecule has 2 heterocycles. The Morgan fingerprint density at radius 1 is 1.33 bits per heavy atom. The van der Waals surface area contributed by atoms with Crippen LogP contribution in [0.5, 0.6) is 0 Å². The summed E-state index contributed by atoms with van der Waals surface area (Å²) < 4.78 is 6.02. The zero-order valence-electron chi connectivity index (χ0n) is 12.7. The van der Waals surface area contributed by atoms with Gasteiger partial charge in [-0.3, -0.25) is 4.98 Å². The molecule has 3 rings (SSSR count). The molecule has 0 saturated heterocycles. The molecule has 2 atom stereocenters. The summed E-state index contributed by atoms with van der Waals surface area (Å²) in [6.07, 6.45) is 3.95. The number of aryl methyl sites for hydroxylation is 1. The molecule has 1 aromatic heterocycles. The largest absolute Gasteiger partial charge is 0.373 e. The van der Waals surface area contributed by atoms with Gasteiger partial charge in [0.05, 0.1) is 24.4 Å². The lowest BCUT2D eigenvalue weighted by Crippen LogP contribution is -2.24. The zero-order chi connectivity index (χ0) is 14.7. The number of hydrogen-bond acceptors (Lipinski definition) is 3. The topological polar surface area (TPSA) is 34.1 Å². The molecule has 1 N–H and O–H groups in total. The van der Waals surface area contributed by atoms with Crippen molar-refractivity contribution < 1.29 is 4.74 Å². The molecule has 3 nitrogen and oxygen atoms in total. The monoisotopic (exact) mass is 282 g/mol. The Morgan fingerprint density at radius 2 is 2.19 bits per heavy atom. The Labute approximate surface area is 126 Å². The minimum Gasteiger partial charge on any atom is -0.373 e. The van der Waals surface area contributed by atoms with Crippen molar-refractivity contribution in [3.8, 4) is 0 Å². The van der Waals surface area contributed by atoms with E-state index in [0.717, 1.165) is 25.1 Å². The molecule has 3 heteroatoms. The highest BCUT2D eigenvalue weighted by atomic mass is 16.5. The third-order valence-corrected chi connectivity index (χ3v) is 4.18. The number of ether oxygens (including phenoxy) is 1. The second-order valence-electron chi connectivity index (χ2n) is 5.64. The summed E-state index contributed by atoms with van der Waals surface area (Å²) in [6.45, 7) is 2.91. The first-order chi connectivity index (χ1) is 10.3. The molecule has 0 bridgehead atoms. The average Bonchev–Trinajstić information content (AvgIpc) is 2.52. The molecule has 0 fully saturated rings. The molecule has 0 saturated carbocycles. The number of nitrogens with zero attached hydrogens (tertiary/aromatic N) is 1. The van der Waals surface area contributed by atoms with Gasteiger partial charge in [0.25, 0.3) is 0 Å². The SMILES string of the molecule is CNC(CC1OCCc2ccccc21)c1cc(C)ccn1. The highest BCUT2D eigenvalue weighted by Crippen LogP contribution is 2.33. The normalized spacial score (nSPS) is 19.0. The van der Waals surface area contributed by atoms with E-state index in [0.29, 0.717) is 0 Å². The van der Waals surface area contributed by atoms with Crippen LogP contribution in [-0.2, 0) is 11.2 Å². The van der Waals surface area contributed by atoms with Crippen LogP contribution in [0.3, 0.4) is 0 Å². The van der Waals surface area contributed by atoms with Crippen LogP contribution in [0.1, 0.15) is 41.0 Å². The van der Waals surface area contributed by atoms with Gasteiger partial charge in [0.2, 0.25) is 0 Å². The van der Waals surface area contributed by atoms with Crippen LogP contribution >= 0.6 is 0 Å². The van der Waals surface area contributed by atoms with Gasteiger partial charge in [0.15, 0.2) is 0 Å². The van der Waals surface area contributed by atoms with E-state index < -0.39 is 0 Å². The van der Waals surface area contributed by atoms with Gasteiger partial charge < -0.3 is 10.1 Å². The van der Waals surface area contributed by atoms with E-state index in [2.05, 4.69) is 47.6 Å². The fourth-order valence-corrected chi connectivity index (χ4v) is 3.02. The van der Waals surface area contributed by atoms with E-state index in [1.54, 1.807) is 0 Å². The number of pyridine rings is 1. The number of aromatic nitrogens is 1. The number of hydrogen-bond donors (Lipinski definition) is 1. The molecule has 1 aliphatic heterocycles. The molecule has 0 radical (unpaired) electrons. The highest BCUT2D eigenvalue weighted by molar-refractivity contribution is 5.31. The quantitative estimate of drug-likeness (QED) is 0.933. The van der Waals surface area contributed by atoms with E-state index in [-0.39, 0.29) is 12.1 Å². The summed E-state index contributed by atoms with van der Waals surface area (Å²) in [6, 6.07) is 13.0. The maximum atomic E-state index is 6.02. The zero-order valence-corrected chi connectivity index (χ0v) is 12.7. The third-order valence-electron chi connectivity index (χ3n) is 4.18. The summed E-state index contributed by atoms with van der Waals surface area (Å²) >= 11 is 0. The smallest absolute Gasteiger partial charge is 0.0846 e. The molecular formula is C18H22N2O. The Balaban J connectivity index is 1.82. The van der Waals surface area contributed by atoms with E-state index >= 15 is 0 Å². The second-order valence-corrected chi connectivity index (χ2v) is 5.64. The van der Waals surface area contributed by atoms with Crippen LogP contribution < -0.4 is 5.32 Å². The Kier molecular flexibility index (Phi) is 4.32. The number of nitrogens with one attached hydrogen (secondary N) is 1. The van der Waals surface area contributed by atoms with E-state index in [4.69, 9.17) is 4.74 Å². The maximum absolute atomic E-state index is 6.02. The number of rotatable bonds is 4. The van der Waals surface area contributed by atoms with Gasteiger partial charge >= 0.3 is 0 Å². The summed E-state index contributed by atoms with van der Waals surface area (Å²) in [4.78, 5) is 4.51. The van der Waals surface area contributed by atoms with Crippen molar-refractivity contribution in [2.24, 2.45) is 0 Å². The lowest BCUT2D eigenvalue weighted by atomic mass is 9.92. The molecule has 0 spiro atoms. The van der Waals surface area contributed by atoms with Crippen molar-refractivity contribution in [2.45, 2.75) is 31.9 Å². The molecule has 2 aromatic rings. The molecule has 0 amide bonds. The first-order valence-electron chi connectivity index (χ1n) is 7.57. The van der Waals surface area contributed by atoms with Crippen molar-refractivity contribution in [3.63, 3.8) is 0 Å². The Bertz CT molecular complexity index is 612. The lowest BCUT2D eigenvalue weighted by molar-refractivity contribution is 0.0295. The second kappa shape index (κ2) is 6.37. The Morgan fingerprint density at radius 3 is 3.00 bits per heavy atom. The average molecular weight is 282 g/mol. The van der Waals surface area contributed by atoms with Crippen molar-refractivity contribution in [3.05, 3.63) is 65.0 Å². The van der Waals surface area contributed by atoms with E-state index in [1.807, 2.05) is 19.3 Å². The van der Waals surface area contributed by atoms with Crippen molar-refractivity contribution in [1.82, 2.24) is 10.3 Å². The van der Waals surface area contributed by atoms with Gasteiger partial charge in [-0.25, -0.2) is 0 Å². The molecular weight excluding hydrogens is 260 g/mol. The van der Waals surface area contributed by atoms with Gasteiger partial charge in [-0.05, 0) is 55.6 Å². The van der Waals surface area contributed by atoms with E-state index in [9.17, 15) is 0 Å². The van der Waals surface area contributed by atoms with Crippen molar-refractivity contribution in [1.29, 1.82) is 0 Å². The summed E-state index contributed by atoms with van der Waals surface area (Å²) in [5.41, 5.74) is 5.08. The third kappa shape index (κ3) is 3.14. The van der Waals surface area contributed by atoms with Gasteiger partial charge in [0, 0.05) is 6.20 Å². The van der Waals surface area contributed by atoms with Gasteiger partial charge in [-0.2, -0.15) is 0 Å².